The number of anilines is 1. The number of hydrogen-bond donors (Lipinski definition) is 1. The van der Waals surface area contributed by atoms with Gasteiger partial charge in [-0.2, -0.15) is 5.26 Å². The monoisotopic (exact) mass is 280 g/mol. The number of carbonyl (C=O) groups is 2. The average molecular weight is 280 g/mol. The minimum atomic E-state index is -0.746. The van der Waals surface area contributed by atoms with Crippen molar-refractivity contribution in [2.45, 2.75) is 20.8 Å². The maximum absolute atomic E-state index is 12.0. The molecule has 19 heavy (non-hydrogen) atoms. The molecule has 0 bridgehead atoms. The summed E-state index contributed by atoms with van der Waals surface area (Å²) in [5.41, 5.74) is 1.21. The lowest BCUT2D eigenvalue weighted by Crippen LogP contribution is -2.26. The molecule has 0 aromatic carbocycles. The lowest BCUT2D eigenvalue weighted by atomic mass is 9.96. The number of hydrogen-bond acceptors (Lipinski definition) is 5. The van der Waals surface area contributed by atoms with Crippen molar-refractivity contribution in [2.75, 3.05) is 12.4 Å². The molecule has 0 radical (unpaired) electrons. The summed E-state index contributed by atoms with van der Waals surface area (Å²) in [6.45, 7) is 5.39. The van der Waals surface area contributed by atoms with E-state index in [-0.39, 0.29) is 5.92 Å². The number of rotatable bonds is 4. The summed E-state index contributed by atoms with van der Waals surface area (Å²) in [4.78, 5) is 23.9. The number of amides is 1. The zero-order valence-electron chi connectivity index (χ0n) is 11.3. The molecule has 0 fully saturated rings. The van der Waals surface area contributed by atoms with Gasteiger partial charge in [-0.1, -0.05) is 13.8 Å². The molecule has 0 aliphatic carbocycles. The molecule has 5 nitrogen and oxygen atoms in total. The fourth-order valence-electron chi connectivity index (χ4n) is 1.55. The molecule has 1 rings (SSSR count). The van der Waals surface area contributed by atoms with Crippen LogP contribution in [0.15, 0.2) is 5.38 Å². The van der Waals surface area contributed by atoms with Crippen LogP contribution in [0.2, 0.25) is 0 Å². The summed E-state index contributed by atoms with van der Waals surface area (Å²) in [6, 6.07) is 1.97. The van der Waals surface area contributed by atoms with Crippen molar-refractivity contribution < 1.29 is 14.3 Å². The van der Waals surface area contributed by atoms with Crippen LogP contribution < -0.4 is 5.32 Å². The lowest BCUT2D eigenvalue weighted by Gasteiger charge is -2.13. The van der Waals surface area contributed by atoms with Crippen LogP contribution in [0.5, 0.6) is 0 Å². The van der Waals surface area contributed by atoms with Gasteiger partial charge in [0.2, 0.25) is 5.91 Å². The third kappa shape index (κ3) is 3.32. The van der Waals surface area contributed by atoms with E-state index < -0.39 is 17.8 Å². The van der Waals surface area contributed by atoms with Gasteiger partial charge in [-0.3, -0.25) is 4.79 Å². The summed E-state index contributed by atoms with van der Waals surface area (Å²) >= 11 is 1.21. The van der Waals surface area contributed by atoms with Gasteiger partial charge < -0.3 is 10.1 Å². The molecule has 102 valence electrons. The van der Waals surface area contributed by atoms with Crippen LogP contribution in [0.1, 0.15) is 29.1 Å². The summed E-state index contributed by atoms with van der Waals surface area (Å²) in [7, 11) is 1.29. The molecule has 1 unspecified atom stereocenters. The van der Waals surface area contributed by atoms with E-state index in [1.54, 1.807) is 26.2 Å². The molecule has 1 atom stereocenters. The zero-order valence-corrected chi connectivity index (χ0v) is 12.1. The summed E-state index contributed by atoms with van der Waals surface area (Å²) in [5.74, 6) is -1.73. The average Bonchev–Trinajstić information content (AvgIpc) is 2.70. The molecule has 0 saturated heterocycles. The Morgan fingerprint density at radius 1 is 1.47 bits per heavy atom. The second kappa shape index (κ2) is 6.34. The Balaban J connectivity index is 3.00. The third-order valence-corrected chi connectivity index (χ3v) is 3.76. The Hall–Kier alpha value is -1.87. The first-order chi connectivity index (χ1) is 8.92. The quantitative estimate of drug-likeness (QED) is 0.860. The van der Waals surface area contributed by atoms with E-state index in [0.29, 0.717) is 10.6 Å². The van der Waals surface area contributed by atoms with Gasteiger partial charge in [-0.05, 0) is 23.8 Å². The first-order valence-electron chi connectivity index (χ1n) is 5.79. The van der Waals surface area contributed by atoms with Crippen molar-refractivity contribution >= 4 is 28.9 Å². The van der Waals surface area contributed by atoms with Crippen molar-refractivity contribution in [1.82, 2.24) is 0 Å². The van der Waals surface area contributed by atoms with Gasteiger partial charge in [0.1, 0.15) is 10.8 Å². The van der Waals surface area contributed by atoms with Crippen LogP contribution in [0.4, 0.5) is 5.69 Å². The molecule has 1 aromatic heterocycles. The molecule has 1 aromatic rings. The lowest BCUT2D eigenvalue weighted by molar-refractivity contribution is -0.119. The number of esters is 1. The molecule has 0 spiro atoms. The third-order valence-electron chi connectivity index (χ3n) is 2.68. The van der Waals surface area contributed by atoms with Crippen molar-refractivity contribution in [1.29, 1.82) is 5.26 Å². The molecule has 0 aliphatic rings. The van der Waals surface area contributed by atoms with E-state index in [9.17, 15) is 9.59 Å². The van der Waals surface area contributed by atoms with Crippen molar-refractivity contribution in [3.8, 4) is 6.07 Å². The highest BCUT2D eigenvalue weighted by Crippen LogP contribution is 2.29. The Labute approximate surface area is 116 Å². The highest BCUT2D eigenvalue weighted by molar-refractivity contribution is 7.12. The van der Waals surface area contributed by atoms with E-state index in [4.69, 9.17) is 5.26 Å². The van der Waals surface area contributed by atoms with Crippen molar-refractivity contribution in [3.63, 3.8) is 0 Å². The van der Waals surface area contributed by atoms with E-state index in [0.717, 1.165) is 5.56 Å². The number of nitriles is 1. The van der Waals surface area contributed by atoms with Crippen LogP contribution in [-0.2, 0) is 9.53 Å². The fraction of sp³-hybridized carbons (Fsp3) is 0.462. The Morgan fingerprint density at radius 2 is 2.11 bits per heavy atom. The molecule has 0 saturated carbocycles. The fourth-order valence-corrected chi connectivity index (χ4v) is 2.48. The summed E-state index contributed by atoms with van der Waals surface area (Å²) < 4.78 is 4.66. The SMILES string of the molecule is COC(=O)c1scc(C)c1NC(=O)C(C#N)C(C)C. The van der Waals surface area contributed by atoms with Crippen LogP contribution in [0, 0.1) is 30.1 Å². The Bertz CT molecular complexity index is 528. The smallest absolute Gasteiger partial charge is 0.350 e. The molecule has 1 N–H and O–H groups in total. The van der Waals surface area contributed by atoms with Crippen LogP contribution in [0.25, 0.3) is 0 Å². The first kappa shape index (κ1) is 15.2. The molecule has 0 aliphatic heterocycles. The molecule has 6 heteroatoms. The predicted molar refractivity (Wildman–Crippen MR) is 73.0 cm³/mol. The van der Waals surface area contributed by atoms with E-state index in [1.807, 2.05) is 6.07 Å². The Kier molecular flexibility index (Phi) is 5.07. The maximum Gasteiger partial charge on any atom is 0.350 e. The number of thiophene rings is 1. The number of nitrogens with one attached hydrogen (secondary N) is 1. The minimum absolute atomic E-state index is 0.0921. The second-order valence-corrected chi connectivity index (χ2v) is 5.33. The normalized spacial score (nSPS) is 11.8. The van der Waals surface area contributed by atoms with Gasteiger partial charge in [0.05, 0.1) is 18.9 Å². The molecule has 1 amide bonds. The highest BCUT2D eigenvalue weighted by Gasteiger charge is 2.25. The number of nitrogens with zero attached hydrogens (tertiary/aromatic N) is 1. The van der Waals surface area contributed by atoms with E-state index in [2.05, 4.69) is 10.1 Å². The van der Waals surface area contributed by atoms with E-state index in [1.165, 1.54) is 18.4 Å². The largest absolute Gasteiger partial charge is 0.465 e. The number of ether oxygens (including phenoxy) is 1. The summed E-state index contributed by atoms with van der Waals surface area (Å²) in [5, 5.41) is 13.4. The maximum atomic E-state index is 12.0. The molecule has 1 heterocycles. The van der Waals surface area contributed by atoms with Gasteiger partial charge in [0, 0.05) is 0 Å². The molecular formula is C13H16N2O3S. The van der Waals surface area contributed by atoms with E-state index >= 15 is 0 Å². The van der Waals surface area contributed by atoms with Gasteiger partial charge in [-0.15, -0.1) is 11.3 Å². The van der Waals surface area contributed by atoms with Gasteiger partial charge in [-0.25, -0.2) is 4.79 Å². The van der Waals surface area contributed by atoms with Crippen LogP contribution in [-0.4, -0.2) is 19.0 Å². The predicted octanol–water partition coefficient (Wildman–Crippen LogP) is 2.58. The number of methoxy groups -OCH3 is 1. The van der Waals surface area contributed by atoms with Gasteiger partial charge in [0.25, 0.3) is 0 Å². The van der Waals surface area contributed by atoms with Crippen molar-refractivity contribution in [3.05, 3.63) is 15.8 Å². The number of aryl methyl sites for hydroxylation is 1. The zero-order chi connectivity index (χ0) is 14.6. The van der Waals surface area contributed by atoms with Crippen LogP contribution in [0.3, 0.4) is 0 Å². The second-order valence-electron chi connectivity index (χ2n) is 4.45. The summed E-state index contributed by atoms with van der Waals surface area (Å²) in [6.07, 6.45) is 0. The highest BCUT2D eigenvalue weighted by atomic mass is 32.1. The van der Waals surface area contributed by atoms with Gasteiger partial charge in [0.15, 0.2) is 0 Å². The van der Waals surface area contributed by atoms with Gasteiger partial charge >= 0.3 is 5.97 Å². The minimum Gasteiger partial charge on any atom is -0.465 e. The number of carbonyl (C=O) groups excluding carboxylic acids is 2. The van der Waals surface area contributed by atoms with Crippen molar-refractivity contribution in [2.24, 2.45) is 11.8 Å². The molecular weight excluding hydrogens is 264 g/mol. The standard InChI is InChI=1S/C13H16N2O3S/c1-7(2)9(5-14)12(16)15-10-8(3)6-19-11(10)13(17)18-4/h6-7,9H,1-4H3,(H,15,16). The Morgan fingerprint density at radius 3 is 2.58 bits per heavy atom. The van der Waals surface area contributed by atoms with Crippen LogP contribution >= 0.6 is 11.3 Å². The first-order valence-corrected chi connectivity index (χ1v) is 6.67. The topological polar surface area (TPSA) is 79.2 Å².